The Morgan fingerprint density at radius 2 is 1.91 bits per heavy atom. The second-order valence-electron chi connectivity index (χ2n) is 5.20. The number of aromatic amines is 1. The summed E-state index contributed by atoms with van der Waals surface area (Å²) in [7, 11) is 0. The number of phenolic OH excluding ortho intramolecular Hbond substituents is 1. The van der Waals surface area contributed by atoms with E-state index < -0.39 is 37.3 Å². The molecule has 8 heteroatoms. The molecule has 1 aliphatic heterocycles. The van der Waals surface area contributed by atoms with Gasteiger partial charge in [0.1, 0.15) is 24.4 Å². The van der Waals surface area contributed by atoms with Crippen molar-refractivity contribution in [1.82, 2.24) is 4.98 Å². The van der Waals surface area contributed by atoms with Gasteiger partial charge < -0.3 is 40.0 Å². The van der Waals surface area contributed by atoms with E-state index >= 15 is 0 Å². The van der Waals surface area contributed by atoms with Crippen LogP contribution in [0.5, 0.6) is 11.5 Å². The summed E-state index contributed by atoms with van der Waals surface area (Å²) in [4.78, 5) is 2.93. The van der Waals surface area contributed by atoms with Crippen molar-refractivity contribution in [2.75, 3.05) is 6.61 Å². The molecule has 1 aromatic heterocycles. The first-order valence-corrected chi connectivity index (χ1v) is 6.78. The number of fused-ring (bicyclic) bond motifs is 1. The van der Waals surface area contributed by atoms with Crippen LogP contribution in [0.1, 0.15) is 0 Å². The minimum absolute atomic E-state index is 0.0522. The third-order valence-electron chi connectivity index (χ3n) is 3.72. The van der Waals surface area contributed by atoms with Crippen LogP contribution in [0.2, 0.25) is 0 Å². The third kappa shape index (κ3) is 2.51. The van der Waals surface area contributed by atoms with E-state index in [1.165, 1.54) is 6.07 Å². The van der Waals surface area contributed by atoms with Crippen LogP contribution in [0.25, 0.3) is 10.9 Å². The highest BCUT2D eigenvalue weighted by atomic mass is 16.7. The smallest absolute Gasteiger partial charge is 0.229 e. The maximum absolute atomic E-state index is 9.94. The highest BCUT2D eigenvalue weighted by molar-refractivity contribution is 5.83. The van der Waals surface area contributed by atoms with Crippen molar-refractivity contribution in [2.24, 2.45) is 0 Å². The van der Waals surface area contributed by atoms with Gasteiger partial charge in [-0.15, -0.1) is 0 Å². The molecule has 1 fully saturated rings. The Bertz CT molecular complexity index is 656. The molecule has 2 aromatic rings. The van der Waals surface area contributed by atoms with Crippen molar-refractivity contribution in [3.8, 4) is 11.5 Å². The van der Waals surface area contributed by atoms with Gasteiger partial charge in [-0.05, 0) is 12.1 Å². The first-order chi connectivity index (χ1) is 10.5. The minimum Gasteiger partial charge on any atom is -0.504 e. The number of H-pyrrole nitrogens is 1. The molecule has 2 heterocycles. The average molecular weight is 311 g/mol. The van der Waals surface area contributed by atoms with E-state index in [4.69, 9.17) is 14.6 Å². The minimum atomic E-state index is -1.53. The lowest BCUT2D eigenvalue weighted by Crippen LogP contribution is -2.60. The van der Waals surface area contributed by atoms with Crippen molar-refractivity contribution in [1.29, 1.82) is 0 Å². The van der Waals surface area contributed by atoms with Crippen LogP contribution in [-0.4, -0.2) is 67.8 Å². The fourth-order valence-corrected chi connectivity index (χ4v) is 2.45. The molecule has 6 N–H and O–H groups in total. The van der Waals surface area contributed by atoms with Crippen LogP contribution in [0.4, 0.5) is 0 Å². The maximum Gasteiger partial charge on any atom is 0.229 e. The van der Waals surface area contributed by atoms with Gasteiger partial charge in [-0.3, -0.25) is 0 Å². The Kier molecular flexibility index (Phi) is 3.94. The summed E-state index contributed by atoms with van der Waals surface area (Å²) >= 11 is 0. The van der Waals surface area contributed by atoms with Crippen molar-refractivity contribution in [2.45, 2.75) is 30.7 Å². The van der Waals surface area contributed by atoms with Gasteiger partial charge in [0.25, 0.3) is 0 Å². The van der Waals surface area contributed by atoms with Gasteiger partial charge in [-0.1, -0.05) is 0 Å². The van der Waals surface area contributed by atoms with Crippen LogP contribution in [0.15, 0.2) is 24.4 Å². The van der Waals surface area contributed by atoms with Crippen LogP contribution in [0.3, 0.4) is 0 Å². The monoisotopic (exact) mass is 311 g/mol. The lowest BCUT2D eigenvalue weighted by molar-refractivity contribution is -0.277. The summed E-state index contributed by atoms with van der Waals surface area (Å²) in [6.45, 7) is -0.548. The molecule has 1 aliphatic rings. The molecule has 1 saturated heterocycles. The molecule has 1 unspecified atom stereocenters. The summed E-state index contributed by atoms with van der Waals surface area (Å²) < 4.78 is 10.6. The molecule has 0 amide bonds. The summed E-state index contributed by atoms with van der Waals surface area (Å²) in [6, 6.07) is 4.77. The second kappa shape index (κ2) is 5.75. The lowest BCUT2D eigenvalue weighted by Gasteiger charge is -2.39. The number of aliphatic hydroxyl groups is 4. The van der Waals surface area contributed by atoms with Gasteiger partial charge in [0.15, 0.2) is 11.5 Å². The predicted molar refractivity (Wildman–Crippen MR) is 74.4 cm³/mol. The standard InChI is InChI=1S/C14H17NO7/c16-5-10-11(18)12(19)13(20)14(22-10)21-9-3-6-1-2-15-7(6)4-8(9)17/h1-4,10-20H,5H2/t10-,11-,12?,13-,14-/m1/s1. The van der Waals surface area contributed by atoms with Gasteiger partial charge in [0.05, 0.1) is 6.61 Å². The number of aromatic nitrogens is 1. The van der Waals surface area contributed by atoms with E-state index in [1.54, 1.807) is 18.3 Å². The summed E-state index contributed by atoms with van der Waals surface area (Å²) in [5.41, 5.74) is 0.707. The van der Waals surface area contributed by atoms with Gasteiger partial charge >= 0.3 is 0 Å². The summed E-state index contributed by atoms with van der Waals surface area (Å²) in [5.74, 6) is -0.122. The normalized spacial score (nSPS) is 32.3. The number of hydrogen-bond donors (Lipinski definition) is 6. The number of aliphatic hydroxyl groups excluding tert-OH is 4. The molecule has 0 radical (unpaired) electrons. The van der Waals surface area contributed by atoms with Crippen LogP contribution < -0.4 is 4.74 Å². The van der Waals surface area contributed by atoms with Crippen molar-refractivity contribution in [3.63, 3.8) is 0 Å². The molecule has 120 valence electrons. The Morgan fingerprint density at radius 1 is 1.14 bits per heavy atom. The van der Waals surface area contributed by atoms with Gasteiger partial charge in [-0.2, -0.15) is 0 Å². The number of phenols is 1. The van der Waals surface area contributed by atoms with Gasteiger partial charge in [0, 0.05) is 23.2 Å². The largest absolute Gasteiger partial charge is 0.504 e. The number of hydrogen-bond acceptors (Lipinski definition) is 7. The molecule has 1 aromatic carbocycles. The molecule has 8 nitrogen and oxygen atoms in total. The molecule has 3 rings (SSSR count). The molecule has 0 bridgehead atoms. The van der Waals surface area contributed by atoms with E-state index in [1.807, 2.05) is 0 Å². The number of benzene rings is 1. The number of ether oxygens (including phenoxy) is 2. The Labute approximate surface area is 125 Å². The highest BCUT2D eigenvalue weighted by Gasteiger charge is 2.44. The second-order valence-corrected chi connectivity index (χ2v) is 5.20. The Hall–Kier alpha value is -1.84. The molecule has 5 atom stereocenters. The zero-order valence-corrected chi connectivity index (χ0v) is 11.5. The van der Waals surface area contributed by atoms with Crippen molar-refractivity contribution >= 4 is 10.9 Å². The molecule has 0 saturated carbocycles. The average Bonchev–Trinajstić information content (AvgIpc) is 2.95. The predicted octanol–water partition coefficient (Wildman–Crippen LogP) is -0.948. The highest BCUT2D eigenvalue weighted by Crippen LogP contribution is 2.33. The fraction of sp³-hybridized carbons (Fsp3) is 0.429. The fourth-order valence-electron chi connectivity index (χ4n) is 2.45. The van der Waals surface area contributed by atoms with Crippen LogP contribution in [0, 0.1) is 0 Å². The van der Waals surface area contributed by atoms with E-state index in [-0.39, 0.29) is 11.5 Å². The van der Waals surface area contributed by atoms with E-state index in [9.17, 15) is 20.4 Å². The summed E-state index contributed by atoms with van der Waals surface area (Å²) in [6.07, 6.45) is -5.23. The molecule has 0 aliphatic carbocycles. The zero-order valence-electron chi connectivity index (χ0n) is 11.5. The van der Waals surface area contributed by atoms with E-state index in [2.05, 4.69) is 4.98 Å². The van der Waals surface area contributed by atoms with Crippen molar-refractivity contribution < 1.29 is 35.0 Å². The Balaban J connectivity index is 1.85. The third-order valence-corrected chi connectivity index (χ3v) is 3.72. The number of aromatic hydroxyl groups is 1. The zero-order chi connectivity index (χ0) is 15.9. The summed E-state index contributed by atoms with van der Waals surface area (Å²) in [5, 5.41) is 49.2. The maximum atomic E-state index is 9.94. The molecule has 22 heavy (non-hydrogen) atoms. The van der Waals surface area contributed by atoms with E-state index in [0.29, 0.717) is 5.52 Å². The first kappa shape index (κ1) is 15.1. The molecular weight excluding hydrogens is 294 g/mol. The lowest BCUT2D eigenvalue weighted by atomic mass is 9.99. The van der Waals surface area contributed by atoms with Crippen LogP contribution in [-0.2, 0) is 4.74 Å². The number of rotatable bonds is 3. The van der Waals surface area contributed by atoms with Crippen molar-refractivity contribution in [3.05, 3.63) is 24.4 Å². The van der Waals surface area contributed by atoms with Gasteiger partial charge in [-0.25, -0.2) is 0 Å². The van der Waals surface area contributed by atoms with E-state index in [0.717, 1.165) is 5.39 Å². The topological polar surface area (TPSA) is 135 Å². The first-order valence-electron chi connectivity index (χ1n) is 6.78. The number of nitrogens with one attached hydrogen (secondary N) is 1. The van der Waals surface area contributed by atoms with Gasteiger partial charge in [0.2, 0.25) is 6.29 Å². The SMILES string of the molecule is OC[C@H]1O[C@@H](Oc2cc3cc[nH]c3cc2O)[C@H](O)C(O)[C@@H]1O. The molecule has 0 spiro atoms. The Morgan fingerprint density at radius 3 is 2.64 bits per heavy atom. The van der Waals surface area contributed by atoms with Crippen LogP contribution >= 0.6 is 0 Å². The quantitative estimate of drug-likeness (QED) is 0.430. The molecular formula is C14H17NO7.